The second-order valence-electron chi connectivity index (χ2n) is 4.90. The van der Waals surface area contributed by atoms with Crippen molar-refractivity contribution >= 4 is 5.65 Å². The molecular formula is C13H18N4. The summed E-state index contributed by atoms with van der Waals surface area (Å²) >= 11 is 0. The molecule has 0 bridgehead atoms. The highest BCUT2D eigenvalue weighted by molar-refractivity contribution is 5.40. The molecule has 0 aliphatic carbocycles. The highest BCUT2D eigenvalue weighted by Crippen LogP contribution is 2.13. The zero-order valence-corrected chi connectivity index (χ0v) is 10.2. The first-order chi connectivity index (χ1) is 8.33. The third kappa shape index (κ3) is 2.17. The molecule has 3 heterocycles. The molecule has 0 amide bonds. The molecule has 0 aromatic carbocycles. The average molecular weight is 230 g/mol. The number of hydrogen-bond donors (Lipinski definition) is 1. The third-order valence-electron chi connectivity index (χ3n) is 3.48. The molecule has 3 rings (SSSR count). The summed E-state index contributed by atoms with van der Waals surface area (Å²) in [6.07, 6.45) is 6.93. The minimum absolute atomic E-state index is 0.567. The van der Waals surface area contributed by atoms with Crippen molar-refractivity contribution in [3.05, 3.63) is 29.7 Å². The fraction of sp³-hybridized carbons (Fsp3) is 0.538. The molecular weight excluding hydrogens is 212 g/mol. The van der Waals surface area contributed by atoms with Crippen molar-refractivity contribution in [1.82, 2.24) is 19.9 Å². The number of pyridine rings is 1. The van der Waals surface area contributed by atoms with Crippen LogP contribution in [-0.2, 0) is 6.42 Å². The number of aromatic nitrogens is 3. The summed E-state index contributed by atoms with van der Waals surface area (Å²) in [6.45, 7) is 3.22. The van der Waals surface area contributed by atoms with Crippen molar-refractivity contribution in [2.45, 2.75) is 38.6 Å². The number of nitrogens with zero attached hydrogens (tertiary/aromatic N) is 3. The second-order valence-corrected chi connectivity index (χ2v) is 4.90. The van der Waals surface area contributed by atoms with E-state index in [1.54, 1.807) is 0 Å². The van der Waals surface area contributed by atoms with Crippen LogP contribution in [0.4, 0.5) is 0 Å². The Labute approximate surface area is 101 Å². The van der Waals surface area contributed by atoms with Crippen molar-refractivity contribution in [2.75, 3.05) is 6.54 Å². The summed E-state index contributed by atoms with van der Waals surface area (Å²) in [4.78, 5) is 0. The molecule has 4 nitrogen and oxygen atoms in total. The van der Waals surface area contributed by atoms with E-state index in [-0.39, 0.29) is 0 Å². The third-order valence-corrected chi connectivity index (χ3v) is 3.48. The number of piperidine rings is 1. The van der Waals surface area contributed by atoms with Crippen LogP contribution in [-0.4, -0.2) is 27.2 Å². The lowest BCUT2D eigenvalue weighted by atomic mass is 10.0. The molecule has 4 heteroatoms. The number of rotatable bonds is 2. The molecule has 1 N–H and O–H groups in total. The lowest BCUT2D eigenvalue weighted by Gasteiger charge is -2.22. The molecule has 1 aliphatic rings. The van der Waals surface area contributed by atoms with Crippen LogP contribution in [0.2, 0.25) is 0 Å². The Morgan fingerprint density at radius 2 is 2.35 bits per heavy atom. The van der Waals surface area contributed by atoms with Gasteiger partial charge in [-0.1, -0.05) is 6.42 Å². The number of nitrogens with one attached hydrogen (secondary N) is 1. The summed E-state index contributed by atoms with van der Waals surface area (Å²) in [5.41, 5.74) is 2.18. The van der Waals surface area contributed by atoms with E-state index in [9.17, 15) is 0 Å². The topological polar surface area (TPSA) is 42.2 Å². The molecule has 2 aromatic rings. The first-order valence-corrected chi connectivity index (χ1v) is 6.36. The summed E-state index contributed by atoms with van der Waals surface area (Å²) in [5, 5.41) is 12.1. The minimum Gasteiger partial charge on any atom is -0.314 e. The lowest BCUT2D eigenvalue weighted by molar-refractivity contribution is 0.393. The van der Waals surface area contributed by atoms with E-state index in [1.165, 1.54) is 24.8 Å². The Morgan fingerprint density at radius 3 is 3.18 bits per heavy atom. The van der Waals surface area contributed by atoms with E-state index in [1.807, 2.05) is 0 Å². The Hall–Kier alpha value is -1.42. The van der Waals surface area contributed by atoms with E-state index in [0.29, 0.717) is 6.04 Å². The molecule has 1 atom stereocenters. The fourth-order valence-corrected chi connectivity index (χ4v) is 2.50. The van der Waals surface area contributed by atoms with Gasteiger partial charge in [0.05, 0.1) is 0 Å². The molecule has 1 fully saturated rings. The van der Waals surface area contributed by atoms with Crippen LogP contribution in [0.3, 0.4) is 0 Å². The van der Waals surface area contributed by atoms with Gasteiger partial charge in [-0.3, -0.25) is 4.40 Å². The molecule has 0 spiro atoms. The molecule has 0 saturated carbocycles. The maximum absolute atomic E-state index is 4.30. The average Bonchev–Trinajstić information content (AvgIpc) is 2.73. The van der Waals surface area contributed by atoms with E-state index >= 15 is 0 Å². The van der Waals surface area contributed by atoms with Gasteiger partial charge in [0.25, 0.3) is 0 Å². The van der Waals surface area contributed by atoms with Gasteiger partial charge in [-0.15, -0.1) is 10.2 Å². The van der Waals surface area contributed by atoms with Gasteiger partial charge in [-0.05, 0) is 44.0 Å². The van der Waals surface area contributed by atoms with Crippen LogP contribution >= 0.6 is 0 Å². The van der Waals surface area contributed by atoms with Gasteiger partial charge >= 0.3 is 0 Å². The van der Waals surface area contributed by atoms with Gasteiger partial charge < -0.3 is 5.32 Å². The smallest absolute Gasteiger partial charge is 0.161 e. The van der Waals surface area contributed by atoms with Gasteiger partial charge in [-0.2, -0.15) is 0 Å². The van der Waals surface area contributed by atoms with E-state index in [0.717, 1.165) is 24.4 Å². The molecule has 0 radical (unpaired) electrons. The monoisotopic (exact) mass is 230 g/mol. The van der Waals surface area contributed by atoms with Crippen molar-refractivity contribution in [2.24, 2.45) is 0 Å². The van der Waals surface area contributed by atoms with Crippen LogP contribution in [0, 0.1) is 6.92 Å². The van der Waals surface area contributed by atoms with Crippen molar-refractivity contribution < 1.29 is 0 Å². The van der Waals surface area contributed by atoms with Gasteiger partial charge in [0, 0.05) is 18.7 Å². The quantitative estimate of drug-likeness (QED) is 0.854. The summed E-state index contributed by atoms with van der Waals surface area (Å²) < 4.78 is 2.10. The molecule has 1 saturated heterocycles. The van der Waals surface area contributed by atoms with Gasteiger partial charge in [0.1, 0.15) is 5.82 Å². The highest BCUT2D eigenvalue weighted by Gasteiger charge is 2.16. The molecule has 1 aliphatic heterocycles. The van der Waals surface area contributed by atoms with E-state index in [2.05, 4.69) is 45.2 Å². The van der Waals surface area contributed by atoms with E-state index < -0.39 is 0 Å². The fourth-order valence-electron chi connectivity index (χ4n) is 2.50. The number of fused-ring (bicyclic) bond motifs is 1. The maximum Gasteiger partial charge on any atom is 0.161 e. The zero-order valence-electron chi connectivity index (χ0n) is 10.2. The molecule has 2 aromatic heterocycles. The standard InChI is InChI=1S/C13H18N4/c1-10-5-7-17-12(8-10)15-16-13(17)9-11-4-2-3-6-14-11/h5,7-8,11,14H,2-4,6,9H2,1H3. The number of hydrogen-bond acceptors (Lipinski definition) is 3. The summed E-state index contributed by atoms with van der Waals surface area (Å²) in [7, 11) is 0. The van der Waals surface area contributed by atoms with Crippen LogP contribution in [0.1, 0.15) is 30.7 Å². The molecule has 90 valence electrons. The Kier molecular flexibility index (Phi) is 2.81. The summed E-state index contributed by atoms with van der Waals surface area (Å²) in [5.74, 6) is 1.07. The van der Waals surface area contributed by atoms with Crippen molar-refractivity contribution in [3.63, 3.8) is 0 Å². The van der Waals surface area contributed by atoms with Crippen molar-refractivity contribution in [3.8, 4) is 0 Å². The van der Waals surface area contributed by atoms with Gasteiger partial charge in [-0.25, -0.2) is 0 Å². The predicted molar refractivity (Wildman–Crippen MR) is 67.1 cm³/mol. The zero-order chi connectivity index (χ0) is 11.7. The van der Waals surface area contributed by atoms with Gasteiger partial charge in [0.15, 0.2) is 5.65 Å². The van der Waals surface area contributed by atoms with Crippen LogP contribution in [0.5, 0.6) is 0 Å². The maximum atomic E-state index is 4.30. The highest BCUT2D eigenvalue weighted by atomic mass is 15.2. The normalized spacial score (nSPS) is 20.9. The van der Waals surface area contributed by atoms with Crippen LogP contribution in [0.25, 0.3) is 5.65 Å². The van der Waals surface area contributed by atoms with E-state index in [4.69, 9.17) is 0 Å². The molecule has 17 heavy (non-hydrogen) atoms. The predicted octanol–water partition coefficient (Wildman–Crippen LogP) is 1.72. The summed E-state index contributed by atoms with van der Waals surface area (Å²) in [6, 6.07) is 4.75. The SMILES string of the molecule is Cc1ccn2c(CC3CCCCN3)nnc2c1. The minimum atomic E-state index is 0.567. The van der Waals surface area contributed by atoms with Crippen LogP contribution in [0.15, 0.2) is 18.3 Å². The number of aryl methyl sites for hydroxylation is 1. The Bertz CT molecular complexity index is 511. The lowest BCUT2D eigenvalue weighted by Crippen LogP contribution is -2.36. The second kappa shape index (κ2) is 4.45. The largest absolute Gasteiger partial charge is 0.314 e. The Balaban J connectivity index is 1.84. The van der Waals surface area contributed by atoms with Crippen LogP contribution < -0.4 is 5.32 Å². The molecule has 1 unspecified atom stereocenters. The first-order valence-electron chi connectivity index (χ1n) is 6.36. The Morgan fingerprint density at radius 1 is 1.41 bits per heavy atom. The first kappa shape index (κ1) is 10.7. The van der Waals surface area contributed by atoms with Gasteiger partial charge in [0.2, 0.25) is 0 Å². The van der Waals surface area contributed by atoms with Crippen molar-refractivity contribution in [1.29, 1.82) is 0 Å².